The van der Waals surface area contributed by atoms with Gasteiger partial charge in [0, 0.05) is 11.8 Å². The van der Waals surface area contributed by atoms with E-state index in [2.05, 4.69) is 34.7 Å². The largest absolute Gasteiger partial charge is 0.492 e. The molecule has 4 heteroatoms. The highest BCUT2D eigenvalue weighted by Crippen LogP contribution is 2.25. The van der Waals surface area contributed by atoms with Gasteiger partial charge in [-0.15, -0.1) is 0 Å². The Hall–Kier alpha value is -2.88. The van der Waals surface area contributed by atoms with Crippen molar-refractivity contribution >= 4 is 21.9 Å². The Morgan fingerprint density at radius 3 is 2.62 bits per heavy atom. The fraction of sp³-hybridized carbons (Fsp3) is 0.273. The third-order valence-electron chi connectivity index (χ3n) is 4.64. The zero-order chi connectivity index (χ0) is 17.8. The number of hydrogen-bond donors (Lipinski definition) is 0. The molecule has 2 aromatic heterocycles. The molecule has 2 aromatic carbocycles. The van der Waals surface area contributed by atoms with Crippen molar-refractivity contribution in [3.63, 3.8) is 0 Å². The van der Waals surface area contributed by atoms with Gasteiger partial charge >= 0.3 is 0 Å². The predicted molar refractivity (Wildman–Crippen MR) is 106 cm³/mol. The van der Waals surface area contributed by atoms with E-state index in [1.54, 1.807) is 0 Å². The Morgan fingerprint density at radius 2 is 1.77 bits per heavy atom. The second-order valence-corrected chi connectivity index (χ2v) is 6.45. The van der Waals surface area contributed by atoms with E-state index in [1.165, 1.54) is 5.52 Å². The molecule has 0 fully saturated rings. The highest BCUT2D eigenvalue weighted by Gasteiger charge is 2.14. The number of nitrogens with zero attached hydrogens (tertiary/aromatic N) is 3. The van der Waals surface area contributed by atoms with E-state index in [1.807, 2.05) is 42.6 Å². The molecule has 0 aliphatic carbocycles. The van der Waals surface area contributed by atoms with Crippen LogP contribution < -0.4 is 4.74 Å². The van der Waals surface area contributed by atoms with Crippen LogP contribution in [-0.2, 0) is 13.0 Å². The van der Waals surface area contributed by atoms with Gasteiger partial charge in [0.2, 0.25) is 0 Å². The average molecular weight is 345 g/mol. The molecule has 2 heterocycles. The maximum atomic E-state index is 5.94. The van der Waals surface area contributed by atoms with Crippen LogP contribution in [0.5, 0.6) is 5.75 Å². The molecule has 0 aliphatic rings. The summed E-state index contributed by atoms with van der Waals surface area (Å²) < 4.78 is 8.25. The van der Waals surface area contributed by atoms with Crippen LogP contribution in [0, 0.1) is 0 Å². The molecule has 0 unspecified atom stereocenters. The Balaban J connectivity index is 1.70. The molecule has 132 valence electrons. The number of aryl methyl sites for hydroxylation is 1. The zero-order valence-corrected chi connectivity index (χ0v) is 15.1. The highest BCUT2D eigenvalue weighted by molar-refractivity contribution is 6.02. The van der Waals surface area contributed by atoms with Crippen molar-refractivity contribution in [2.75, 3.05) is 6.61 Å². The summed E-state index contributed by atoms with van der Waals surface area (Å²) >= 11 is 0. The lowest BCUT2D eigenvalue weighted by molar-refractivity contribution is 0.298. The smallest absolute Gasteiger partial charge is 0.119 e. The molecule has 4 aromatic rings. The van der Waals surface area contributed by atoms with Gasteiger partial charge in [0.05, 0.1) is 23.8 Å². The Labute approximate surface area is 153 Å². The van der Waals surface area contributed by atoms with E-state index in [0.29, 0.717) is 6.61 Å². The minimum atomic E-state index is 0.616. The summed E-state index contributed by atoms with van der Waals surface area (Å²) in [4.78, 5) is 9.44. The van der Waals surface area contributed by atoms with Crippen molar-refractivity contribution in [1.29, 1.82) is 0 Å². The lowest BCUT2D eigenvalue weighted by atomic mass is 10.2. The molecule has 26 heavy (non-hydrogen) atoms. The van der Waals surface area contributed by atoms with Crippen molar-refractivity contribution in [2.45, 2.75) is 32.7 Å². The van der Waals surface area contributed by atoms with Gasteiger partial charge in [-0.2, -0.15) is 0 Å². The number of pyridine rings is 1. The summed E-state index contributed by atoms with van der Waals surface area (Å²) in [6.07, 6.45) is 5.16. The molecule has 0 aliphatic heterocycles. The topological polar surface area (TPSA) is 39.9 Å². The first-order valence-corrected chi connectivity index (χ1v) is 9.27. The first-order chi connectivity index (χ1) is 12.9. The molecule has 4 nitrogen and oxygen atoms in total. The van der Waals surface area contributed by atoms with E-state index in [-0.39, 0.29) is 0 Å². The predicted octanol–water partition coefficient (Wildman–Crippen LogP) is 5.01. The van der Waals surface area contributed by atoms with E-state index < -0.39 is 0 Å². The van der Waals surface area contributed by atoms with Gasteiger partial charge in [-0.05, 0) is 24.6 Å². The van der Waals surface area contributed by atoms with E-state index in [4.69, 9.17) is 9.72 Å². The van der Waals surface area contributed by atoms with Crippen molar-refractivity contribution in [3.8, 4) is 5.75 Å². The number of aromatic nitrogens is 3. The van der Waals surface area contributed by atoms with Crippen molar-refractivity contribution in [3.05, 3.63) is 66.6 Å². The fourth-order valence-electron chi connectivity index (χ4n) is 3.35. The van der Waals surface area contributed by atoms with Crippen molar-refractivity contribution in [1.82, 2.24) is 14.5 Å². The third kappa shape index (κ3) is 3.27. The number of imidazole rings is 1. The van der Waals surface area contributed by atoms with Crippen LogP contribution in [0.2, 0.25) is 0 Å². The van der Waals surface area contributed by atoms with Crippen LogP contribution in [0.25, 0.3) is 21.9 Å². The summed E-state index contributed by atoms with van der Waals surface area (Å²) in [7, 11) is 0. The fourth-order valence-corrected chi connectivity index (χ4v) is 3.35. The lowest BCUT2D eigenvalue weighted by Gasteiger charge is -2.11. The van der Waals surface area contributed by atoms with Gasteiger partial charge in [-0.1, -0.05) is 49.7 Å². The third-order valence-corrected chi connectivity index (χ3v) is 4.64. The molecule has 0 N–H and O–H groups in total. The van der Waals surface area contributed by atoms with E-state index >= 15 is 0 Å². The SMILES string of the molecule is CCCCc1nc2cnc3ccccc3c2n1CCOc1ccccc1. The monoisotopic (exact) mass is 345 g/mol. The maximum Gasteiger partial charge on any atom is 0.119 e. The van der Waals surface area contributed by atoms with Crippen LogP contribution >= 0.6 is 0 Å². The maximum absolute atomic E-state index is 5.94. The van der Waals surface area contributed by atoms with Gasteiger partial charge in [-0.25, -0.2) is 4.98 Å². The summed E-state index contributed by atoms with van der Waals surface area (Å²) in [5, 5.41) is 1.15. The summed E-state index contributed by atoms with van der Waals surface area (Å²) in [6.45, 7) is 3.60. The first kappa shape index (κ1) is 16.6. The Bertz CT molecular complexity index is 1010. The number of benzene rings is 2. The van der Waals surface area contributed by atoms with Gasteiger partial charge in [0.1, 0.15) is 23.7 Å². The first-order valence-electron chi connectivity index (χ1n) is 9.27. The molecule has 4 rings (SSSR count). The molecule has 0 spiro atoms. The average Bonchev–Trinajstić information content (AvgIpc) is 3.05. The summed E-state index contributed by atoms with van der Waals surface area (Å²) in [6, 6.07) is 18.2. The zero-order valence-electron chi connectivity index (χ0n) is 15.1. The minimum Gasteiger partial charge on any atom is -0.492 e. The van der Waals surface area contributed by atoms with Crippen molar-refractivity contribution in [2.24, 2.45) is 0 Å². The second-order valence-electron chi connectivity index (χ2n) is 6.45. The Morgan fingerprint density at radius 1 is 0.962 bits per heavy atom. The number of para-hydroxylation sites is 2. The van der Waals surface area contributed by atoms with E-state index in [0.717, 1.165) is 53.8 Å². The number of rotatable bonds is 7. The highest BCUT2D eigenvalue weighted by atomic mass is 16.5. The van der Waals surface area contributed by atoms with Crippen LogP contribution in [0.4, 0.5) is 0 Å². The summed E-state index contributed by atoms with van der Waals surface area (Å²) in [5.41, 5.74) is 3.14. The van der Waals surface area contributed by atoms with Gasteiger partial charge in [0.15, 0.2) is 0 Å². The van der Waals surface area contributed by atoms with Crippen LogP contribution in [-0.4, -0.2) is 21.1 Å². The van der Waals surface area contributed by atoms with Gasteiger partial charge in [-0.3, -0.25) is 4.98 Å². The second kappa shape index (κ2) is 7.56. The normalized spacial score (nSPS) is 11.3. The Kier molecular flexibility index (Phi) is 4.82. The molecule has 0 bridgehead atoms. The number of unbranched alkanes of at least 4 members (excludes halogenated alkanes) is 1. The van der Waals surface area contributed by atoms with Gasteiger partial charge < -0.3 is 9.30 Å². The van der Waals surface area contributed by atoms with E-state index in [9.17, 15) is 0 Å². The number of hydrogen-bond acceptors (Lipinski definition) is 3. The van der Waals surface area contributed by atoms with Crippen LogP contribution in [0.1, 0.15) is 25.6 Å². The van der Waals surface area contributed by atoms with Crippen LogP contribution in [0.15, 0.2) is 60.8 Å². The van der Waals surface area contributed by atoms with Gasteiger partial charge in [0.25, 0.3) is 0 Å². The molecule has 0 atom stereocenters. The standard InChI is InChI=1S/C22H23N3O/c1-2-3-13-21-24-20-16-23-19-12-8-7-11-18(19)22(20)25(21)14-15-26-17-9-5-4-6-10-17/h4-12,16H,2-3,13-15H2,1H3. The lowest BCUT2D eigenvalue weighted by Crippen LogP contribution is -2.11. The molecule has 0 saturated heterocycles. The minimum absolute atomic E-state index is 0.616. The molecular weight excluding hydrogens is 322 g/mol. The molecular formula is C22H23N3O. The quantitative estimate of drug-likeness (QED) is 0.473. The number of ether oxygens (including phenoxy) is 1. The van der Waals surface area contributed by atoms with Crippen molar-refractivity contribution < 1.29 is 4.74 Å². The van der Waals surface area contributed by atoms with Crippen LogP contribution in [0.3, 0.4) is 0 Å². The number of fused-ring (bicyclic) bond motifs is 3. The molecule has 0 amide bonds. The molecule has 0 radical (unpaired) electrons. The summed E-state index contributed by atoms with van der Waals surface area (Å²) in [5.74, 6) is 2.02. The molecule has 0 saturated carbocycles.